The van der Waals surface area contributed by atoms with Gasteiger partial charge in [-0.05, 0) is 26.2 Å². The van der Waals surface area contributed by atoms with Gasteiger partial charge < -0.3 is 9.84 Å². The van der Waals surface area contributed by atoms with Gasteiger partial charge in [-0.25, -0.2) is 9.90 Å². The fourth-order valence-electron chi connectivity index (χ4n) is 2.32. The van der Waals surface area contributed by atoms with Crippen LogP contribution in [-0.4, -0.2) is 41.5 Å². The summed E-state index contributed by atoms with van der Waals surface area (Å²) in [7, 11) is 0. The zero-order chi connectivity index (χ0) is 15.0. The molecule has 6 heteroatoms. The standard InChI is InChI=1S/C14H25NO5/c1-3-4-7-12(14(17)18)11(2)15(10-16)20-13-8-5-6-9-19-13/h10-13H,3-9H2,1-2H3,(H,17,18)/t11-,12?,13?/m0/s1. The highest BCUT2D eigenvalue weighted by Gasteiger charge is 2.31. The number of unbranched alkanes of at least 4 members (excludes halogenated alkanes) is 1. The van der Waals surface area contributed by atoms with Crippen molar-refractivity contribution < 1.29 is 24.3 Å². The predicted molar refractivity (Wildman–Crippen MR) is 72.7 cm³/mol. The van der Waals surface area contributed by atoms with Crippen molar-refractivity contribution in [1.29, 1.82) is 0 Å². The molecule has 1 saturated heterocycles. The number of ether oxygens (including phenoxy) is 1. The van der Waals surface area contributed by atoms with Crippen LogP contribution in [0.15, 0.2) is 0 Å². The lowest BCUT2D eigenvalue weighted by Crippen LogP contribution is -2.44. The van der Waals surface area contributed by atoms with Crippen LogP contribution in [0.1, 0.15) is 52.4 Å². The Morgan fingerprint density at radius 1 is 1.55 bits per heavy atom. The van der Waals surface area contributed by atoms with E-state index in [1.54, 1.807) is 6.92 Å². The first kappa shape index (κ1) is 16.9. The fraction of sp³-hybridized carbons (Fsp3) is 0.857. The molecule has 1 N–H and O–H groups in total. The van der Waals surface area contributed by atoms with Crippen molar-refractivity contribution in [2.45, 2.75) is 64.7 Å². The van der Waals surface area contributed by atoms with Crippen LogP contribution in [-0.2, 0) is 19.2 Å². The molecule has 0 spiro atoms. The fourth-order valence-corrected chi connectivity index (χ4v) is 2.32. The van der Waals surface area contributed by atoms with Gasteiger partial charge in [0.15, 0.2) is 6.29 Å². The maximum atomic E-state index is 11.3. The molecular formula is C14H25NO5. The molecule has 116 valence electrons. The van der Waals surface area contributed by atoms with Crippen molar-refractivity contribution in [3.63, 3.8) is 0 Å². The van der Waals surface area contributed by atoms with Gasteiger partial charge in [-0.2, -0.15) is 0 Å². The van der Waals surface area contributed by atoms with Gasteiger partial charge >= 0.3 is 5.97 Å². The molecule has 1 heterocycles. The number of rotatable bonds is 9. The van der Waals surface area contributed by atoms with Crippen LogP contribution in [0.2, 0.25) is 0 Å². The molecule has 0 aromatic carbocycles. The van der Waals surface area contributed by atoms with E-state index in [2.05, 4.69) is 0 Å². The highest BCUT2D eigenvalue weighted by molar-refractivity contribution is 5.71. The molecule has 1 rings (SSSR count). The summed E-state index contributed by atoms with van der Waals surface area (Å²) < 4.78 is 5.41. The lowest BCUT2D eigenvalue weighted by atomic mass is 9.95. The van der Waals surface area contributed by atoms with Gasteiger partial charge in [0.05, 0.1) is 12.0 Å². The first-order valence-corrected chi connectivity index (χ1v) is 7.35. The number of hydrogen-bond acceptors (Lipinski definition) is 4. The van der Waals surface area contributed by atoms with Gasteiger partial charge in [-0.15, -0.1) is 0 Å². The molecule has 3 atom stereocenters. The summed E-state index contributed by atoms with van der Waals surface area (Å²) in [4.78, 5) is 28.0. The van der Waals surface area contributed by atoms with Gasteiger partial charge in [0, 0.05) is 13.0 Å². The number of hydroxylamine groups is 2. The molecule has 2 unspecified atom stereocenters. The Morgan fingerprint density at radius 2 is 2.30 bits per heavy atom. The average Bonchev–Trinajstić information content (AvgIpc) is 2.45. The van der Waals surface area contributed by atoms with Crippen molar-refractivity contribution >= 4 is 12.4 Å². The van der Waals surface area contributed by atoms with Crippen LogP contribution in [0.3, 0.4) is 0 Å². The number of carboxylic acid groups (broad SMARTS) is 1. The second kappa shape index (κ2) is 8.92. The first-order chi connectivity index (χ1) is 9.60. The molecule has 6 nitrogen and oxygen atoms in total. The van der Waals surface area contributed by atoms with E-state index in [4.69, 9.17) is 9.57 Å². The summed E-state index contributed by atoms with van der Waals surface area (Å²) in [5, 5.41) is 10.4. The Kier molecular flexibility index (Phi) is 7.54. The number of amides is 1. The van der Waals surface area contributed by atoms with Crippen LogP contribution in [0.25, 0.3) is 0 Å². The molecule has 0 saturated carbocycles. The number of carbonyl (C=O) groups excluding carboxylic acids is 1. The molecule has 1 aliphatic heterocycles. The number of carbonyl (C=O) groups is 2. The van der Waals surface area contributed by atoms with Crippen molar-refractivity contribution in [1.82, 2.24) is 5.06 Å². The lowest BCUT2D eigenvalue weighted by Gasteiger charge is -2.33. The van der Waals surface area contributed by atoms with Gasteiger partial charge in [0.25, 0.3) is 0 Å². The van der Waals surface area contributed by atoms with E-state index >= 15 is 0 Å². The normalized spacial score (nSPS) is 22.0. The third-order valence-corrected chi connectivity index (χ3v) is 3.65. The van der Waals surface area contributed by atoms with Crippen molar-refractivity contribution in [3.05, 3.63) is 0 Å². The monoisotopic (exact) mass is 287 g/mol. The highest BCUT2D eigenvalue weighted by atomic mass is 16.8. The van der Waals surface area contributed by atoms with Gasteiger partial charge in [0.1, 0.15) is 0 Å². The summed E-state index contributed by atoms with van der Waals surface area (Å²) in [5.41, 5.74) is 0. The minimum absolute atomic E-state index is 0.447. The van der Waals surface area contributed by atoms with Crippen molar-refractivity contribution in [3.8, 4) is 0 Å². The number of hydrogen-bond donors (Lipinski definition) is 1. The molecule has 0 aliphatic carbocycles. The molecule has 1 fully saturated rings. The summed E-state index contributed by atoms with van der Waals surface area (Å²) in [6.07, 6.45) is 5.07. The second-order valence-electron chi connectivity index (χ2n) is 5.19. The summed E-state index contributed by atoms with van der Waals surface area (Å²) in [5.74, 6) is -1.52. The topological polar surface area (TPSA) is 76.1 Å². The van der Waals surface area contributed by atoms with Crippen LogP contribution in [0.4, 0.5) is 0 Å². The minimum Gasteiger partial charge on any atom is -0.481 e. The van der Waals surface area contributed by atoms with Gasteiger partial charge in [0.2, 0.25) is 6.41 Å². The molecule has 1 amide bonds. The number of nitrogens with zero attached hydrogens (tertiary/aromatic N) is 1. The zero-order valence-electron chi connectivity index (χ0n) is 12.3. The Hall–Kier alpha value is -1.14. The SMILES string of the molecule is CCCCC(C(=O)O)[C@H](C)N(C=O)OC1CCCCO1. The van der Waals surface area contributed by atoms with Crippen LogP contribution >= 0.6 is 0 Å². The maximum absolute atomic E-state index is 11.3. The first-order valence-electron chi connectivity index (χ1n) is 7.35. The summed E-state index contributed by atoms with van der Waals surface area (Å²) >= 11 is 0. The lowest BCUT2D eigenvalue weighted by molar-refractivity contribution is -0.288. The van der Waals surface area contributed by atoms with E-state index < -0.39 is 24.2 Å². The van der Waals surface area contributed by atoms with E-state index in [0.717, 1.165) is 37.2 Å². The largest absolute Gasteiger partial charge is 0.481 e. The number of carboxylic acids is 1. The Labute approximate surface area is 120 Å². The molecule has 0 radical (unpaired) electrons. The smallest absolute Gasteiger partial charge is 0.308 e. The molecule has 0 aromatic rings. The van der Waals surface area contributed by atoms with Crippen LogP contribution in [0, 0.1) is 5.92 Å². The number of aliphatic carboxylic acids is 1. The molecule has 20 heavy (non-hydrogen) atoms. The molecule has 0 aromatic heterocycles. The Morgan fingerprint density at radius 3 is 2.80 bits per heavy atom. The third kappa shape index (κ3) is 5.09. The zero-order valence-corrected chi connectivity index (χ0v) is 12.3. The minimum atomic E-state index is -0.897. The highest BCUT2D eigenvalue weighted by Crippen LogP contribution is 2.21. The van der Waals surface area contributed by atoms with Crippen LogP contribution in [0.5, 0.6) is 0 Å². The third-order valence-electron chi connectivity index (χ3n) is 3.65. The van der Waals surface area contributed by atoms with Crippen molar-refractivity contribution in [2.24, 2.45) is 5.92 Å². The Balaban J connectivity index is 2.59. The van der Waals surface area contributed by atoms with Crippen molar-refractivity contribution in [2.75, 3.05) is 6.61 Å². The van der Waals surface area contributed by atoms with Gasteiger partial charge in [-0.3, -0.25) is 9.59 Å². The molecule has 0 bridgehead atoms. The summed E-state index contributed by atoms with van der Waals surface area (Å²) in [6, 6.07) is -0.512. The van der Waals surface area contributed by atoms with E-state index in [1.807, 2.05) is 6.92 Å². The molecular weight excluding hydrogens is 262 g/mol. The van der Waals surface area contributed by atoms with E-state index in [1.165, 1.54) is 0 Å². The van der Waals surface area contributed by atoms with E-state index in [9.17, 15) is 14.7 Å². The molecule has 1 aliphatic rings. The Bertz CT molecular complexity index is 304. The van der Waals surface area contributed by atoms with Crippen LogP contribution < -0.4 is 0 Å². The average molecular weight is 287 g/mol. The quantitative estimate of drug-likeness (QED) is 0.519. The van der Waals surface area contributed by atoms with E-state index in [-0.39, 0.29) is 0 Å². The maximum Gasteiger partial charge on any atom is 0.308 e. The van der Waals surface area contributed by atoms with E-state index in [0.29, 0.717) is 19.4 Å². The van der Waals surface area contributed by atoms with Gasteiger partial charge in [-0.1, -0.05) is 19.8 Å². The predicted octanol–water partition coefficient (Wildman–Crippen LogP) is 2.18. The second-order valence-corrected chi connectivity index (χ2v) is 5.19. The summed E-state index contributed by atoms with van der Waals surface area (Å²) in [6.45, 7) is 4.32.